The highest BCUT2D eigenvalue weighted by Crippen LogP contribution is 2.25. The topological polar surface area (TPSA) is 74.1 Å². The van der Waals surface area contributed by atoms with Crippen LogP contribution in [0.3, 0.4) is 0 Å². The molecule has 1 saturated heterocycles. The lowest BCUT2D eigenvalue weighted by Gasteiger charge is -2.29. The summed E-state index contributed by atoms with van der Waals surface area (Å²) in [7, 11) is 2.01. The highest BCUT2D eigenvalue weighted by molar-refractivity contribution is 7.99. The van der Waals surface area contributed by atoms with E-state index in [0.717, 1.165) is 60.1 Å². The second-order valence-corrected chi connectivity index (χ2v) is 8.90. The average molecular weight is 461 g/mol. The molecule has 9 heteroatoms. The molecule has 2 N–H and O–H groups in total. The number of piperazine rings is 1. The van der Waals surface area contributed by atoms with Crippen LogP contribution in [0.1, 0.15) is 5.69 Å². The molecule has 170 valence electrons. The summed E-state index contributed by atoms with van der Waals surface area (Å²) < 4.78 is 4.23. The number of nitrogens with one attached hydrogen (secondary N) is 2. The third-order valence-electron chi connectivity index (χ3n) is 5.92. The molecule has 33 heavy (non-hydrogen) atoms. The number of nitrogens with zero attached hydrogens (tertiary/aromatic N) is 6. The lowest BCUT2D eigenvalue weighted by Crippen LogP contribution is -2.43. The van der Waals surface area contributed by atoms with Gasteiger partial charge in [0.25, 0.3) is 0 Å². The van der Waals surface area contributed by atoms with Crippen LogP contribution in [-0.4, -0.2) is 59.0 Å². The summed E-state index contributed by atoms with van der Waals surface area (Å²) in [6.45, 7) is 4.80. The molecule has 0 amide bonds. The first-order chi connectivity index (χ1) is 16.2. The van der Waals surface area contributed by atoms with E-state index in [1.807, 2.05) is 23.8 Å². The maximum absolute atomic E-state index is 4.61. The fourth-order valence-corrected chi connectivity index (χ4v) is 4.42. The van der Waals surface area contributed by atoms with Gasteiger partial charge in [-0.15, -0.1) is 0 Å². The van der Waals surface area contributed by atoms with Crippen LogP contribution >= 0.6 is 11.9 Å². The molecule has 1 aliphatic heterocycles. The minimum absolute atomic E-state index is 0.639. The van der Waals surface area contributed by atoms with Gasteiger partial charge in [0.2, 0.25) is 0 Å². The van der Waals surface area contributed by atoms with Crippen molar-refractivity contribution in [2.24, 2.45) is 0 Å². The first kappa shape index (κ1) is 21.5. The van der Waals surface area contributed by atoms with Crippen molar-refractivity contribution < 1.29 is 0 Å². The Kier molecular flexibility index (Phi) is 6.32. The standard InChI is InChI=1S/C24H28N8S/c1-30(33-2)24-21(26-8-9-27-24)17-32-12-7-18-16-28-23(15-22(18)32)29-19-3-5-20(6-4-19)31-13-10-25-11-14-31/h3-9,12,15-16,25H,10-11,13-14,17H2,1-2H3,(H,28,29). The Morgan fingerprint density at radius 1 is 1.06 bits per heavy atom. The summed E-state index contributed by atoms with van der Waals surface area (Å²) in [5.74, 6) is 1.70. The second-order valence-electron chi connectivity index (χ2n) is 7.99. The summed E-state index contributed by atoms with van der Waals surface area (Å²) in [4.78, 5) is 16.1. The van der Waals surface area contributed by atoms with Crippen molar-refractivity contribution in [3.05, 3.63) is 66.9 Å². The van der Waals surface area contributed by atoms with Gasteiger partial charge in [0.05, 0.1) is 12.1 Å². The van der Waals surface area contributed by atoms with Crippen molar-refractivity contribution in [3.8, 4) is 0 Å². The van der Waals surface area contributed by atoms with Gasteiger partial charge in [-0.2, -0.15) is 0 Å². The average Bonchev–Trinajstić information content (AvgIpc) is 3.27. The van der Waals surface area contributed by atoms with Gasteiger partial charge in [-0.05, 0) is 30.3 Å². The lowest BCUT2D eigenvalue weighted by atomic mass is 10.2. The van der Waals surface area contributed by atoms with Crippen LogP contribution in [0.2, 0.25) is 0 Å². The minimum Gasteiger partial charge on any atom is -0.369 e. The van der Waals surface area contributed by atoms with Crippen molar-refractivity contribution in [2.75, 3.05) is 54.0 Å². The fraction of sp³-hybridized carbons (Fsp3) is 0.292. The molecule has 0 unspecified atom stereocenters. The van der Waals surface area contributed by atoms with E-state index in [1.54, 1.807) is 24.3 Å². The SMILES string of the molecule is CSN(C)c1nccnc1Cn1ccc2cnc(Nc3ccc(N4CCNCC4)cc3)cc21. The zero-order valence-electron chi connectivity index (χ0n) is 18.9. The van der Waals surface area contributed by atoms with Gasteiger partial charge in [-0.3, -0.25) is 4.98 Å². The van der Waals surface area contributed by atoms with Gasteiger partial charge in [0, 0.05) is 87.1 Å². The van der Waals surface area contributed by atoms with Crippen molar-refractivity contribution in [1.29, 1.82) is 0 Å². The number of hydrogen-bond donors (Lipinski definition) is 2. The number of pyridine rings is 1. The van der Waals surface area contributed by atoms with Crippen LogP contribution in [0.25, 0.3) is 10.9 Å². The number of aromatic nitrogens is 4. The van der Waals surface area contributed by atoms with Gasteiger partial charge >= 0.3 is 0 Å². The number of anilines is 4. The maximum atomic E-state index is 4.61. The van der Waals surface area contributed by atoms with Crippen molar-refractivity contribution in [2.45, 2.75) is 6.54 Å². The number of benzene rings is 1. The molecule has 4 heterocycles. The predicted octanol–water partition coefficient (Wildman–Crippen LogP) is 3.74. The second kappa shape index (κ2) is 9.68. The molecule has 0 spiro atoms. The Labute approximate surface area is 198 Å². The summed E-state index contributed by atoms with van der Waals surface area (Å²) in [6, 6.07) is 12.8. The molecule has 0 aliphatic carbocycles. The number of rotatable bonds is 7. The monoisotopic (exact) mass is 460 g/mol. The summed E-state index contributed by atoms with van der Waals surface area (Å²) in [5, 5.41) is 7.94. The van der Waals surface area contributed by atoms with E-state index >= 15 is 0 Å². The first-order valence-corrected chi connectivity index (χ1v) is 12.2. The molecular formula is C24H28N8S. The molecule has 1 aromatic carbocycles. The van der Waals surface area contributed by atoms with E-state index < -0.39 is 0 Å². The summed E-state index contributed by atoms with van der Waals surface area (Å²) >= 11 is 1.62. The fourth-order valence-electron chi connectivity index (χ4n) is 4.10. The van der Waals surface area contributed by atoms with Crippen LogP contribution in [0.15, 0.2) is 61.2 Å². The quantitative estimate of drug-likeness (QED) is 0.404. The molecule has 0 radical (unpaired) electrons. The van der Waals surface area contributed by atoms with E-state index in [-0.39, 0.29) is 0 Å². The largest absolute Gasteiger partial charge is 0.369 e. The highest BCUT2D eigenvalue weighted by atomic mass is 32.2. The smallest absolute Gasteiger partial charge is 0.161 e. The van der Waals surface area contributed by atoms with E-state index in [0.29, 0.717) is 6.54 Å². The van der Waals surface area contributed by atoms with Crippen molar-refractivity contribution >= 4 is 45.9 Å². The number of fused-ring (bicyclic) bond motifs is 1. The third kappa shape index (κ3) is 4.74. The van der Waals surface area contributed by atoms with Crippen LogP contribution in [0.4, 0.5) is 23.0 Å². The van der Waals surface area contributed by atoms with E-state index in [1.165, 1.54) is 5.69 Å². The van der Waals surface area contributed by atoms with Gasteiger partial charge in [-0.1, -0.05) is 11.9 Å². The first-order valence-electron chi connectivity index (χ1n) is 11.1. The lowest BCUT2D eigenvalue weighted by molar-refractivity contribution is 0.589. The molecular weight excluding hydrogens is 432 g/mol. The minimum atomic E-state index is 0.639. The molecule has 1 aliphatic rings. The predicted molar refractivity (Wildman–Crippen MR) is 138 cm³/mol. The van der Waals surface area contributed by atoms with Crippen LogP contribution in [0.5, 0.6) is 0 Å². The molecule has 0 bridgehead atoms. The van der Waals surface area contributed by atoms with Gasteiger partial charge < -0.3 is 24.4 Å². The Balaban J connectivity index is 1.36. The normalized spacial score (nSPS) is 13.9. The maximum Gasteiger partial charge on any atom is 0.161 e. The molecule has 0 atom stereocenters. The zero-order chi connectivity index (χ0) is 22.6. The Hall–Kier alpha value is -3.30. The molecule has 8 nitrogen and oxygen atoms in total. The van der Waals surface area contributed by atoms with Crippen LogP contribution in [-0.2, 0) is 6.54 Å². The Morgan fingerprint density at radius 3 is 2.64 bits per heavy atom. The van der Waals surface area contributed by atoms with E-state index in [2.05, 4.69) is 77.6 Å². The zero-order valence-corrected chi connectivity index (χ0v) is 19.7. The highest BCUT2D eigenvalue weighted by Gasteiger charge is 2.13. The Bertz CT molecular complexity index is 1220. The van der Waals surface area contributed by atoms with Gasteiger partial charge in [-0.25, -0.2) is 9.97 Å². The molecule has 1 fully saturated rings. The third-order valence-corrected chi connectivity index (χ3v) is 6.64. The van der Waals surface area contributed by atoms with Crippen LogP contribution < -0.4 is 19.8 Å². The molecule has 0 saturated carbocycles. The van der Waals surface area contributed by atoms with Crippen LogP contribution in [0, 0.1) is 0 Å². The van der Waals surface area contributed by atoms with E-state index in [9.17, 15) is 0 Å². The van der Waals surface area contributed by atoms with Gasteiger partial charge in [0.15, 0.2) is 5.82 Å². The van der Waals surface area contributed by atoms with E-state index in [4.69, 9.17) is 0 Å². The molecule has 5 rings (SSSR count). The number of hydrogen-bond acceptors (Lipinski definition) is 8. The van der Waals surface area contributed by atoms with Crippen molar-refractivity contribution in [1.82, 2.24) is 24.8 Å². The summed E-state index contributed by atoms with van der Waals surface area (Å²) in [5.41, 5.74) is 4.32. The summed E-state index contributed by atoms with van der Waals surface area (Å²) in [6.07, 6.45) is 9.50. The van der Waals surface area contributed by atoms with Gasteiger partial charge in [0.1, 0.15) is 11.5 Å². The molecule has 4 aromatic rings. The molecule has 3 aromatic heterocycles. The Morgan fingerprint density at radius 2 is 1.85 bits per heavy atom. The van der Waals surface area contributed by atoms with Crippen molar-refractivity contribution in [3.63, 3.8) is 0 Å².